The zero-order valence-corrected chi connectivity index (χ0v) is 14.5. The van der Waals surface area contributed by atoms with Gasteiger partial charge in [-0.25, -0.2) is 8.42 Å². The molecule has 0 aliphatic carbocycles. The Hall–Kier alpha value is -2.80. The fraction of sp³-hybridized carbons (Fsp3) is 0.167. The Morgan fingerprint density at radius 3 is 2.80 bits per heavy atom. The van der Waals surface area contributed by atoms with Crippen molar-refractivity contribution in [1.82, 2.24) is 4.98 Å². The van der Waals surface area contributed by atoms with E-state index in [1.54, 1.807) is 19.4 Å². The van der Waals surface area contributed by atoms with Crippen LogP contribution in [0.15, 0.2) is 48.7 Å². The molecule has 3 aromatic rings. The SMILES string of the molecule is COc1ccc2c(N3CCc4cc(N[SH](=O)=O)ccc43)ccnc2c1. The molecule has 128 valence electrons. The second-order valence-corrected chi connectivity index (χ2v) is 6.57. The third kappa shape index (κ3) is 2.87. The number of rotatable bonds is 4. The first-order valence-electron chi connectivity index (χ1n) is 7.90. The Balaban J connectivity index is 1.77. The summed E-state index contributed by atoms with van der Waals surface area (Å²) < 4.78 is 29.4. The third-order valence-electron chi connectivity index (χ3n) is 4.41. The van der Waals surface area contributed by atoms with E-state index in [2.05, 4.69) is 14.6 Å². The number of anilines is 3. The van der Waals surface area contributed by atoms with Crippen molar-refractivity contribution in [3.05, 3.63) is 54.2 Å². The van der Waals surface area contributed by atoms with Crippen LogP contribution in [-0.4, -0.2) is 27.1 Å². The van der Waals surface area contributed by atoms with Crippen molar-refractivity contribution in [1.29, 1.82) is 0 Å². The number of thiol groups is 1. The van der Waals surface area contributed by atoms with Crippen LogP contribution >= 0.6 is 0 Å². The van der Waals surface area contributed by atoms with E-state index in [0.29, 0.717) is 5.69 Å². The van der Waals surface area contributed by atoms with E-state index in [1.807, 2.05) is 36.4 Å². The molecule has 1 aliphatic rings. The molecule has 2 aromatic carbocycles. The van der Waals surface area contributed by atoms with Crippen molar-refractivity contribution in [3.8, 4) is 5.75 Å². The summed E-state index contributed by atoms with van der Waals surface area (Å²) >= 11 is 0. The minimum atomic E-state index is -2.65. The molecular formula is C18H17N3O3S. The molecule has 0 saturated carbocycles. The summed E-state index contributed by atoms with van der Waals surface area (Å²) in [5.41, 5.74) is 4.78. The van der Waals surface area contributed by atoms with Crippen LogP contribution in [0.1, 0.15) is 5.56 Å². The Morgan fingerprint density at radius 1 is 1.12 bits per heavy atom. The smallest absolute Gasteiger partial charge is 0.222 e. The minimum Gasteiger partial charge on any atom is -0.497 e. The Kier molecular flexibility index (Phi) is 3.93. The van der Waals surface area contributed by atoms with Gasteiger partial charge < -0.3 is 9.64 Å². The van der Waals surface area contributed by atoms with Crippen LogP contribution in [0.5, 0.6) is 5.75 Å². The molecule has 6 nitrogen and oxygen atoms in total. The third-order valence-corrected chi connectivity index (χ3v) is 4.85. The van der Waals surface area contributed by atoms with Gasteiger partial charge in [0.05, 0.1) is 18.3 Å². The van der Waals surface area contributed by atoms with Gasteiger partial charge in [-0.1, -0.05) is 0 Å². The van der Waals surface area contributed by atoms with E-state index in [9.17, 15) is 8.42 Å². The fourth-order valence-electron chi connectivity index (χ4n) is 3.30. The van der Waals surface area contributed by atoms with Gasteiger partial charge in [-0.05, 0) is 48.4 Å². The Bertz CT molecular complexity index is 1030. The lowest BCUT2D eigenvalue weighted by molar-refractivity contribution is 0.415. The normalized spacial score (nSPS) is 13.3. The first-order chi connectivity index (χ1) is 12.2. The van der Waals surface area contributed by atoms with Gasteiger partial charge in [0.2, 0.25) is 10.9 Å². The van der Waals surface area contributed by atoms with Gasteiger partial charge in [0.1, 0.15) is 5.75 Å². The average molecular weight is 355 g/mol. The van der Waals surface area contributed by atoms with Gasteiger partial charge in [-0.15, -0.1) is 0 Å². The molecule has 0 atom stereocenters. The van der Waals surface area contributed by atoms with Gasteiger partial charge in [-0.2, -0.15) is 0 Å². The number of nitrogens with one attached hydrogen (secondary N) is 1. The van der Waals surface area contributed by atoms with Crippen LogP contribution in [0.25, 0.3) is 10.9 Å². The Morgan fingerprint density at radius 2 is 2.00 bits per heavy atom. The lowest BCUT2D eigenvalue weighted by Gasteiger charge is -2.21. The maximum absolute atomic E-state index is 10.9. The first kappa shape index (κ1) is 15.7. The molecule has 1 aliphatic heterocycles. The predicted octanol–water partition coefficient (Wildman–Crippen LogP) is 2.88. The van der Waals surface area contributed by atoms with Crippen molar-refractivity contribution in [2.75, 3.05) is 23.3 Å². The standard InChI is InChI=1S/C18H17N3O3S/c1-24-14-3-4-15-16(11-14)19-8-6-18(15)21-9-7-12-10-13(20-25(22)23)2-5-17(12)21/h2-6,8,10-11,25H,7,9H2,1H3,(H,20,22,23). The maximum atomic E-state index is 10.9. The summed E-state index contributed by atoms with van der Waals surface area (Å²) in [6, 6.07) is 13.5. The number of pyridine rings is 1. The number of methoxy groups -OCH3 is 1. The highest BCUT2D eigenvalue weighted by atomic mass is 32.2. The molecule has 1 N–H and O–H groups in total. The lowest BCUT2D eigenvalue weighted by Crippen LogP contribution is -2.13. The lowest BCUT2D eigenvalue weighted by atomic mass is 10.1. The maximum Gasteiger partial charge on any atom is 0.222 e. The molecule has 4 rings (SSSR count). The number of ether oxygens (including phenoxy) is 1. The summed E-state index contributed by atoms with van der Waals surface area (Å²) in [7, 11) is -1.01. The van der Waals surface area contributed by atoms with Crippen molar-refractivity contribution < 1.29 is 13.2 Å². The summed E-state index contributed by atoms with van der Waals surface area (Å²) in [4.78, 5) is 6.68. The second kappa shape index (κ2) is 6.25. The molecule has 0 unspecified atom stereocenters. The van der Waals surface area contributed by atoms with Crippen LogP contribution < -0.4 is 14.4 Å². The van der Waals surface area contributed by atoms with Crippen LogP contribution in [0.2, 0.25) is 0 Å². The number of fused-ring (bicyclic) bond motifs is 2. The predicted molar refractivity (Wildman–Crippen MR) is 99.4 cm³/mol. The molecule has 0 spiro atoms. The van der Waals surface area contributed by atoms with E-state index >= 15 is 0 Å². The van der Waals surface area contributed by atoms with Gasteiger partial charge in [0.25, 0.3) is 0 Å². The first-order valence-corrected chi connectivity index (χ1v) is 9.08. The van der Waals surface area contributed by atoms with E-state index in [1.165, 1.54) is 0 Å². The molecule has 0 amide bonds. The van der Waals surface area contributed by atoms with E-state index < -0.39 is 10.9 Å². The van der Waals surface area contributed by atoms with Crippen LogP contribution in [-0.2, 0) is 17.3 Å². The molecular weight excluding hydrogens is 338 g/mol. The summed E-state index contributed by atoms with van der Waals surface area (Å²) in [5, 5.41) is 1.06. The number of aromatic nitrogens is 1. The number of hydrogen-bond donors (Lipinski definition) is 2. The fourth-order valence-corrected chi connectivity index (χ4v) is 3.65. The molecule has 0 saturated heterocycles. The summed E-state index contributed by atoms with van der Waals surface area (Å²) in [6.07, 6.45) is 2.66. The topological polar surface area (TPSA) is 71.5 Å². The molecule has 7 heteroatoms. The van der Waals surface area contributed by atoms with E-state index in [-0.39, 0.29) is 0 Å². The van der Waals surface area contributed by atoms with Crippen molar-refractivity contribution in [2.45, 2.75) is 6.42 Å². The zero-order chi connectivity index (χ0) is 17.4. The molecule has 0 fully saturated rings. The second-order valence-electron chi connectivity index (χ2n) is 5.83. The van der Waals surface area contributed by atoms with Crippen LogP contribution in [0, 0.1) is 0 Å². The molecule has 25 heavy (non-hydrogen) atoms. The molecule has 0 radical (unpaired) electrons. The van der Waals surface area contributed by atoms with Crippen molar-refractivity contribution >= 4 is 38.9 Å². The van der Waals surface area contributed by atoms with E-state index in [4.69, 9.17) is 4.74 Å². The molecule has 0 bridgehead atoms. The zero-order valence-electron chi connectivity index (χ0n) is 13.6. The molecule has 2 heterocycles. The monoisotopic (exact) mass is 355 g/mol. The average Bonchev–Trinajstić information content (AvgIpc) is 3.03. The molecule has 1 aromatic heterocycles. The highest BCUT2D eigenvalue weighted by Crippen LogP contribution is 2.39. The number of benzene rings is 2. The summed E-state index contributed by atoms with van der Waals surface area (Å²) in [6.45, 7) is 0.841. The van der Waals surface area contributed by atoms with Crippen LogP contribution in [0.3, 0.4) is 0 Å². The summed E-state index contributed by atoms with van der Waals surface area (Å²) in [5.74, 6) is 0.779. The minimum absolute atomic E-state index is 0.598. The number of nitrogens with zero attached hydrogens (tertiary/aromatic N) is 2. The van der Waals surface area contributed by atoms with E-state index in [0.717, 1.165) is 46.6 Å². The van der Waals surface area contributed by atoms with Crippen LogP contribution in [0.4, 0.5) is 17.1 Å². The van der Waals surface area contributed by atoms with Gasteiger partial charge >= 0.3 is 0 Å². The van der Waals surface area contributed by atoms with Crippen molar-refractivity contribution in [2.24, 2.45) is 0 Å². The highest BCUT2D eigenvalue weighted by molar-refractivity contribution is 7.73. The Labute approximate surface area is 147 Å². The van der Waals surface area contributed by atoms with Gasteiger partial charge in [-0.3, -0.25) is 9.71 Å². The van der Waals surface area contributed by atoms with Gasteiger partial charge in [0.15, 0.2) is 0 Å². The quantitative estimate of drug-likeness (QED) is 0.704. The van der Waals surface area contributed by atoms with Crippen molar-refractivity contribution in [3.63, 3.8) is 0 Å². The van der Waals surface area contributed by atoms with Gasteiger partial charge in [0, 0.05) is 35.6 Å². The number of hydrogen-bond acceptors (Lipinski definition) is 5. The largest absolute Gasteiger partial charge is 0.497 e. The highest BCUT2D eigenvalue weighted by Gasteiger charge is 2.22.